The summed E-state index contributed by atoms with van der Waals surface area (Å²) in [6, 6.07) is 9.55. The van der Waals surface area contributed by atoms with Gasteiger partial charge in [0.15, 0.2) is 5.69 Å². The molecule has 0 aliphatic carbocycles. The lowest BCUT2D eigenvalue weighted by Crippen LogP contribution is -2.42. The van der Waals surface area contributed by atoms with Crippen LogP contribution in [-0.2, 0) is 9.47 Å². The predicted molar refractivity (Wildman–Crippen MR) is 147 cm³/mol. The molecule has 0 spiro atoms. The number of likely N-dealkylation sites (tertiary alicyclic amines) is 1. The van der Waals surface area contributed by atoms with Crippen LogP contribution in [0.5, 0.6) is 0 Å². The number of hydrogen-bond acceptors (Lipinski definition) is 7. The molecule has 3 heterocycles. The van der Waals surface area contributed by atoms with Crippen LogP contribution in [-0.4, -0.2) is 56.6 Å². The number of pyridine rings is 1. The topological polar surface area (TPSA) is 127 Å². The number of benzene rings is 1. The second-order valence-corrected chi connectivity index (χ2v) is 10.6. The Morgan fingerprint density at radius 3 is 2.51 bits per heavy atom. The zero-order chi connectivity index (χ0) is 28.2. The van der Waals surface area contributed by atoms with E-state index >= 15 is 0 Å². The molecule has 1 fully saturated rings. The van der Waals surface area contributed by atoms with Crippen molar-refractivity contribution in [3.8, 4) is 11.3 Å². The van der Waals surface area contributed by atoms with E-state index in [9.17, 15) is 14.4 Å². The number of amides is 2. The number of imidazole rings is 1. The normalized spacial score (nSPS) is 15.5. The van der Waals surface area contributed by atoms with Crippen molar-refractivity contribution < 1.29 is 23.9 Å². The van der Waals surface area contributed by atoms with E-state index in [2.05, 4.69) is 15.3 Å². The van der Waals surface area contributed by atoms with Gasteiger partial charge < -0.3 is 19.8 Å². The number of hydrogen-bond donors (Lipinski definition) is 2. The van der Waals surface area contributed by atoms with Gasteiger partial charge in [-0.15, -0.1) is 0 Å². The van der Waals surface area contributed by atoms with Crippen molar-refractivity contribution in [1.82, 2.24) is 19.9 Å². The molecule has 1 aliphatic rings. The fraction of sp³-hybridized carbons (Fsp3) is 0.393. The molecule has 39 heavy (non-hydrogen) atoms. The molecule has 0 unspecified atom stereocenters. The van der Waals surface area contributed by atoms with Crippen molar-refractivity contribution in [3.63, 3.8) is 0 Å². The Morgan fingerprint density at radius 1 is 1.13 bits per heavy atom. The molecule has 3 aromatic rings. The highest BCUT2D eigenvalue weighted by molar-refractivity contribution is 6.30. The van der Waals surface area contributed by atoms with Crippen LogP contribution in [0, 0.1) is 0 Å². The van der Waals surface area contributed by atoms with E-state index in [1.54, 1.807) is 48.2 Å². The number of aromatic nitrogens is 3. The maximum atomic E-state index is 13.0. The number of carbonyl (C=O) groups excluding carboxylic acids is 3. The standard InChI is InChI=1S/C28H32ClN5O5/c1-5-38-26(36)23-22(17-9-11-18(12-10-17)25(35)31-21-14-13-19(29)16-30-21)32-24(33-23)20-8-6-7-15-34(20)27(37)39-28(2,3)4/h9-14,16,20H,5-8,15H2,1-4H3,(H,32,33)(H,30,31,35)/t20-/m0/s1. The van der Waals surface area contributed by atoms with Gasteiger partial charge in [-0.05, 0) is 71.2 Å². The van der Waals surface area contributed by atoms with Crippen molar-refractivity contribution in [2.24, 2.45) is 0 Å². The molecule has 1 aliphatic heterocycles. The highest BCUT2D eigenvalue weighted by Gasteiger charge is 2.34. The molecule has 1 atom stereocenters. The van der Waals surface area contributed by atoms with Crippen LogP contribution >= 0.6 is 11.6 Å². The number of carbonyl (C=O) groups is 3. The van der Waals surface area contributed by atoms with Gasteiger partial charge in [0.2, 0.25) is 0 Å². The number of H-pyrrole nitrogens is 1. The van der Waals surface area contributed by atoms with Crippen molar-refractivity contribution in [3.05, 3.63) is 64.7 Å². The molecule has 11 heteroatoms. The van der Waals surface area contributed by atoms with E-state index in [0.29, 0.717) is 46.5 Å². The van der Waals surface area contributed by atoms with Gasteiger partial charge in [0.25, 0.3) is 5.91 Å². The Labute approximate surface area is 232 Å². The van der Waals surface area contributed by atoms with Crippen LogP contribution in [0.25, 0.3) is 11.3 Å². The lowest BCUT2D eigenvalue weighted by atomic mass is 10.0. The Kier molecular flexibility index (Phi) is 8.54. The number of piperidine rings is 1. The van der Waals surface area contributed by atoms with E-state index in [1.807, 2.05) is 20.8 Å². The first-order valence-electron chi connectivity index (χ1n) is 12.9. The minimum atomic E-state index is -0.638. The van der Waals surface area contributed by atoms with Gasteiger partial charge in [-0.25, -0.2) is 19.6 Å². The van der Waals surface area contributed by atoms with E-state index < -0.39 is 17.7 Å². The summed E-state index contributed by atoms with van der Waals surface area (Å²) >= 11 is 5.85. The number of nitrogens with zero attached hydrogens (tertiary/aromatic N) is 3. The van der Waals surface area contributed by atoms with Gasteiger partial charge in [0.1, 0.15) is 22.9 Å². The highest BCUT2D eigenvalue weighted by Crippen LogP contribution is 2.33. The van der Waals surface area contributed by atoms with Crippen LogP contribution in [0.15, 0.2) is 42.6 Å². The molecule has 4 rings (SSSR count). The molecule has 2 N–H and O–H groups in total. The fourth-order valence-corrected chi connectivity index (χ4v) is 4.39. The molecule has 206 valence electrons. The van der Waals surface area contributed by atoms with E-state index in [-0.39, 0.29) is 24.2 Å². The molecule has 0 bridgehead atoms. The van der Waals surface area contributed by atoms with Crippen molar-refractivity contribution in [1.29, 1.82) is 0 Å². The lowest BCUT2D eigenvalue weighted by Gasteiger charge is -2.35. The number of halogens is 1. The second-order valence-electron chi connectivity index (χ2n) is 10.1. The largest absolute Gasteiger partial charge is 0.461 e. The number of anilines is 1. The molecular weight excluding hydrogens is 522 g/mol. The monoisotopic (exact) mass is 553 g/mol. The molecule has 1 saturated heterocycles. The average Bonchev–Trinajstić information content (AvgIpc) is 3.35. The molecule has 1 aromatic carbocycles. The zero-order valence-electron chi connectivity index (χ0n) is 22.4. The minimum Gasteiger partial charge on any atom is -0.461 e. The summed E-state index contributed by atoms with van der Waals surface area (Å²) in [6.45, 7) is 7.91. The van der Waals surface area contributed by atoms with E-state index in [4.69, 9.17) is 26.1 Å². The smallest absolute Gasteiger partial charge is 0.410 e. The third kappa shape index (κ3) is 6.94. The molecular formula is C28H32ClN5O5. The minimum absolute atomic E-state index is 0.184. The Bertz CT molecular complexity index is 1330. The average molecular weight is 554 g/mol. The summed E-state index contributed by atoms with van der Waals surface area (Å²) in [5, 5.41) is 3.18. The van der Waals surface area contributed by atoms with Gasteiger partial charge in [-0.3, -0.25) is 9.69 Å². The van der Waals surface area contributed by atoms with Gasteiger partial charge in [-0.1, -0.05) is 23.7 Å². The van der Waals surface area contributed by atoms with E-state index in [1.165, 1.54) is 6.20 Å². The predicted octanol–water partition coefficient (Wildman–Crippen LogP) is 6.02. The van der Waals surface area contributed by atoms with Gasteiger partial charge >= 0.3 is 12.1 Å². The zero-order valence-corrected chi connectivity index (χ0v) is 23.2. The summed E-state index contributed by atoms with van der Waals surface area (Å²) in [6.07, 6.45) is 3.45. The summed E-state index contributed by atoms with van der Waals surface area (Å²) < 4.78 is 10.9. The Hall–Kier alpha value is -3.92. The SMILES string of the molecule is CCOC(=O)c1[nH]c([C@@H]2CCCCN2C(=O)OC(C)(C)C)nc1-c1ccc(C(=O)Nc2ccc(Cl)cn2)cc1. The Balaban J connectivity index is 1.62. The van der Waals surface area contributed by atoms with Gasteiger partial charge in [0, 0.05) is 23.9 Å². The number of rotatable bonds is 6. The van der Waals surface area contributed by atoms with Gasteiger partial charge in [-0.2, -0.15) is 0 Å². The maximum absolute atomic E-state index is 13.0. The van der Waals surface area contributed by atoms with Gasteiger partial charge in [0.05, 0.1) is 17.7 Å². The first-order chi connectivity index (χ1) is 18.6. The number of aromatic amines is 1. The third-order valence-electron chi connectivity index (χ3n) is 6.04. The van der Waals surface area contributed by atoms with Crippen LogP contribution in [0.2, 0.25) is 5.02 Å². The molecule has 10 nitrogen and oxygen atoms in total. The molecule has 2 aromatic heterocycles. The van der Waals surface area contributed by atoms with Crippen molar-refractivity contribution >= 4 is 35.4 Å². The molecule has 2 amide bonds. The summed E-state index contributed by atoms with van der Waals surface area (Å²) in [7, 11) is 0. The quantitative estimate of drug-likeness (QED) is 0.357. The first-order valence-corrected chi connectivity index (χ1v) is 13.2. The number of esters is 1. The first kappa shape index (κ1) is 28.1. The summed E-state index contributed by atoms with van der Waals surface area (Å²) in [5.41, 5.74) is 0.934. The Morgan fingerprint density at radius 2 is 1.87 bits per heavy atom. The van der Waals surface area contributed by atoms with E-state index in [0.717, 1.165) is 12.8 Å². The van der Waals surface area contributed by atoms with Crippen LogP contribution in [0.4, 0.5) is 10.6 Å². The van der Waals surface area contributed by atoms with Crippen LogP contribution in [0.1, 0.15) is 79.7 Å². The van der Waals surface area contributed by atoms with Crippen molar-refractivity contribution in [2.75, 3.05) is 18.5 Å². The highest BCUT2D eigenvalue weighted by atomic mass is 35.5. The third-order valence-corrected chi connectivity index (χ3v) is 6.26. The maximum Gasteiger partial charge on any atom is 0.410 e. The number of ether oxygens (including phenoxy) is 2. The fourth-order valence-electron chi connectivity index (χ4n) is 4.28. The number of nitrogens with one attached hydrogen (secondary N) is 2. The lowest BCUT2D eigenvalue weighted by molar-refractivity contribution is 0.00853. The summed E-state index contributed by atoms with van der Waals surface area (Å²) in [5.74, 6) is -0.0484. The van der Waals surface area contributed by atoms with Crippen LogP contribution < -0.4 is 5.32 Å². The second kappa shape index (κ2) is 11.9. The summed E-state index contributed by atoms with van der Waals surface area (Å²) in [4.78, 5) is 52.1. The molecule has 0 radical (unpaired) electrons. The molecule has 0 saturated carbocycles. The van der Waals surface area contributed by atoms with Crippen LogP contribution in [0.3, 0.4) is 0 Å². The van der Waals surface area contributed by atoms with Crippen molar-refractivity contribution in [2.45, 2.75) is 58.6 Å².